The molecule has 0 radical (unpaired) electrons. The van der Waals surface area contributed by atoms with Crippen LogP contribution in [0, 0.1) is 0 Å². The van der Waals surface area contributed by atoms with Crippen molar-refractivity contribution < 1.29 is 9.53 Å². The highest BCUT2D eigenvalue weighted by atomic mass is 16.5. The number of benzene rings is 2. The molecule has 0 spiro atoms. The summed E-state index contributed by atoms with van der Waals surface area (Å²) in [5.74, 6) is 1.38. The Balaban J connectivity index is 1.62. The van der Waals surface area contributed by atoms with E-state index in [0.717, 1.165) is 37.2 Å². The first kappa shape index (κ1) is 16.5. The molecule has 0 unspecified atom stereocenters. The van der Waals surface area contributed by atoms with Crippen molar-refractivity contribution in [2.24, 2.45) is 5.73 Å². The zero-order valence-corrected chi connectivity index (χ0v) is 14.1. The quantitative estimate of drug-likeness (QED) is 0.940. The van der Waals surface area contributed by atoms with Crippen LogP contribution >= 0.6 is 0 Å². The Hall–Kier alpha value is -2.33. The van der Waals surface area contributed by atoms with E-state index in [2.05, 4.69) is 24.3 Å². The van der Waals surface area contributed by atoms with Gasteiger partial charge in [0.05, 0.1) is 7.11 Å². The third kappa shape index (κ3) is 3.60. The van der Waals surface area contributed by atoms with Gasteiger partial charge in [0, 0.05) is 25.2 Å². The highest BCUT2D eigenvalue weighted by Crippen LogP contribution is 2.29. The summed E-state index contributed by atoms with van der Waals surface area (Å²) >= 11 is 0. The molecule has 3 rings (SSSR count). The molecule has 0 saturated carbocycles. The molecule has 1 aliphatic rings. The van der Waals surface area contributed by atoms with Crippen LogP contribution in [0.2, 0.25) is 0 Å². The maximum Gasteiger partial charge on any atom is 0.253 e. The number of nitrogens with two attached hydrogens (primary N) is 1. The van der Waals surface area contributed by atoms with Crippen LogP contribution in [0.3, 0.4) is 0 Å². The van der Waals surface area contributed by atoms with Crippen LogP contribution < -0.4 is 10.5 Å². The summed E-state index contributed by atoms with van der Waals surface area (Å²) in [4.78, 5) is 14.6. The summed E-state index contributed by atoms with van der Waals surface area (Å²) in [5.41, 5.74) is 8.97. The fourth-order valence-corrected chi connectivity index (χ4v) is 3.31. The van der Waals surface area contributed by atoms with Crippen molar-refractivity contribution in [2.75, 3.05) is 20.2 Å². The maximum absolute atomic E-state index is 12.6. The predicted octanol–water partition coefficient (Wildman–Crippen LogP) is 3.17. The molecule has 126 valence electrons. The molecule has 1 fully saturated rings. The van der Waals surface area contributed by atoms with E-state index in [1.165, 1.54) is 11.1 Å². The van der Waals surface area contributed by atoms with Gasteiger partial charge in [-0.2, -0.15) is 0 Å². The van der Waals surface area contributed by atoms with Gasteiger partial charge in [0.2, 0.25) is 0 Å². The van der Waals surface area contributed by atoms with Crippen molar-refractivity contribution >= 4 is 5.91 Å². The maximum atomic E-state index is 12.6. The van der Waals surface area contributed by atoms with Gasteiger partial charge in [-0.25, -0.2) is 0 Å². The van der Waals surface area contributed by atoms with Gasteiger partial charge in [-0.15, -0.1) is 0 Å². The second-order valence-corrected chi connectivity index (χ2v) is 6.24. The Labute approximate surface area is 143 Å². The zero-order chi connectivity index (χ0) is 16.9. The smallest absolute Gasteiger partial charge is 0.253 e. The van der Waals surface area contributed by atoms with Gasteiger partial charge < -0.3 is 15.4 Å². The summed E-state index contributed by atoms with van der Waals surface area (Å²) in [6.07, 6.45) is 1.99. The molecule has 0 atom stereocenters. The molecule has 1 saturated heterocycles. The van der Waals surface area contributed by atoms with Crippen LogP contribution in [0.15, 0.2) is 48.5 Å². The predicted molar refractivity (Wildman–Crippen MR) is 95.2 cm³/mol. The number of hydrogen-bond acceptors (Lipinski definition) is 3. The molecule has 24 heavy (non-hydrogen) atoms. The first-order valence-corrected chi connectivity index (χ1v) is 8.43. The molecule has 1 aliphatic heterocycles. The third-order valence-electron chi connectivity index (χ3n) is 4.78. The Bertz CT molecular complexity index is 689. The van der Waals surface area contributed by atoms with E-state index in [1.807, 2.05) is 29.2 Å². The zero-order valence-electron chi connectivity index (χ0n) is 14.1. The molecule has 4 heteroatoms. The number of nitrogens with zero attached hydrogens (tertiary/aromatic N) is 1. The summed E-state index contributed by atoms with van der Waals surface area (Å²) in [7, 11) is 1.63. The molecule has 1 amide bonds. The van der Waals surface area contributed by atoms with E-state index in [9.17, 15) is 4.79 Å². The molecule has 0 aromatic heterocycles. The van der Waals surface area contributed by atoms with Gasteiger partial charge in [-0.05, 0) is 54.2 Å². The molecular formula is C20H24N2O2. The lowest BCUT2D eigenvalue weighted by Crippen LogP contribution is -2.37. The number of methoxy groups -OCH3 is 1. The van der Waals surface area contributed by atoms with E-state index >= 15 is 0 Å². The SMILES string of the molecule is COc1ccc(C(=O)N2CCC(c3cccc(CN)c3)CC2)cc1. The summed E-state index contributed by atoms with van der Waals surface area (Å²) in [6, 6.07) is 15.8. The molecule has 2 aromatic rings. The lowest BCUT2D eigenvalue weighted by Gasteiger charge is -2.32. The number of likely N-dealkylation sites (tertiary alicyclic amines) is 1. The highest BCUT2D eigenvalue weighted by Gasteiger charge is 2.24. The minimum absolute atomic E-state index is 0.104. The van der Waals surface area contributed by atoms with E-state index in [4.69, 9.17) is 10.5 Å². The van der Waals surface area contributed by atoms with Crippen molar-refractivity contribution in [2.45, 2.75) is 25.3 Å². The van der Waals surface area contributed by atoms with Gasteiger partial charge in [-0.1, -0.05) is 24.3 Å². The van der Waals surface area contributed by atoms with E-state index in [0.29, 0.717) is 12.5 Å². The average molecular weight is 324 g/mol. The largest absolute Gasteiger partial charge is 0.497 e. The van der Waals surface area contributed by atoms with Crippen LogP contribution in [0.4, 0.5) is 0 Å². The van der Waals surface area contributed by atoms with Gasteiger partial charge in [-0.3, -0.25) is 4.79 Å². The lowest BCUT2D eigenvalue weighted by atomic mass is 9.88. The lowest BCUT2D eigenvalue weighted by molar-refractivity contribution is 0.0713. The van der Waals surface area contributed by atoms with E-state index in [1.54, 1.807) is 7.11 Å². The van der Waals surface area contributed by atoms with Gasteiger partial charge in [0.25, 0.3) is 5.91 Å². The van der Waals surface area contributed by atoms with Crippen molar-refractivity contribution in [3.8, 4) is 5.75 Å². The van der Waals surface area contributed by atoms with Crippen molar-refractivity contribution in [1.82, 2.24) is 4.90 Å². The minimum Gasteiger partial charge on any atom is -0.497 e. The number of piperidine rings is 1. The number of carbonyl (C=O) groups excluding carboxylic acids is 1. The normalized spacial score (nSPS) is 15.3. The van der Waals surface area contributed by atoms with Crippen LogP contribution in [-0.4, -0.2) is 31.0 Å². The Morgan fingerprint density at radius 2 is 1.88 bits per heavy atom. The fourth-order valence-electron chi connectivity index (χ4n) is 3.31. The van der Waals surface area contributed by atoms with Gasteiger partial charge in [0.1, 0.15) is 5.75 Å². The molecule has 0 bridgehead atoms. The second-order valence-electron chi connectivity index (χ2n) is 6.24. The van der Waals surface area contributed by atoms with Crippen LogP contribution in [0.1, 0.15) is 40.2 Å². The topological polar surface area (TPSA) is 55.6 Å². The Morgan fingerprint density at radius 1 is 1.17 bits per heavy atom. The minimum atomic E-state index is 0.104. The van der Waals surface area contributed by atoms with Gasteiger partial charge in [0.15, 0.2) is 0 Å². The highest BCUT2D eigenvalue weighted by molar-refractivity contribution is 5.94. The summed E-state index contributed by atoms with van der Waals surface area (Å²) in [5, 5.41) is 0. The van der Waals surface area contributed by atoms with Gasteiger partial charge >= 0.3 is 0 Å². The standard InChI is InChI=1S/C20H24N2O2/c1-24-19-7-5-17(6-8-19)20(23)22-11-9-16(10-12-22)18-4-2-3-15(13-18)14-21/h2-8,13,16H,9-12,14,21H2,1H3. The molecule has 0 aliphatic carbocycles. The molecule has 1 heterocycles. The summed E-state index contributed by atoms with van der Waals surface area (Å²) in [6.45, 7) is 2.16. The average Bonchev–Trinajstić information content (AvgIpc) is 2.67. The number of hydrogen-bond donors (Lipinski definition) is 1. The Kier molecular flexibility index (Phi) is 5.16. The van der Waals surface area contributed by atoms with Crippen molar-refractivity contribution in [3.63, 3.8) is 0 Å². The number of carbonyl (C=O) groups is 1. The third-order valence-corrected chi connectivity index (χ3v) is 4.78. The monoisotopic (exact) mass is 324 g/mol. The second kappa shape index (κ2) is 7.49. The molecule has 2 N–H and O–H groups in total. The van der Waals surface area contributed by atoms with Crippen molar-refractivity contribution in [3.05, 3.63) is 65.2 Å². The number of amides is 1. The van der Waals surface area contributed by atoms with Crippen molar-refractivity contribution in [1.29, 1.82) is 0 Å². The number of ether oxygens (including phenoxy) is 1. The van der Waals surface area contributed by atoms with Crippen LogP contribution in [-0.2, 0) is 6.54 Å². The van der Waals surface area contributed by atoms with E-state index in [-0.39, 0.29) is 5.91 Å². The first-order valence-electron chi connectivity index (χ1n) is 8.43. The van der Waals surface area contributed by atoms with E-state index < -0.39 is 0 Å². The summed E-state index contributed by atoms with van der Waals surface area (Å²) < 4.78 is 5.14. The number of rotatable bonds is 4. The molecule has 2 aromatic carbocycles. The Morgan fingerprint density at radius 3 is 2.50 bits per heavy atom. The van der Waals surface area contributed by atoms with Crippen LogP contribution in [0.25, 0.3) is 0 Å². The first-order chi connectivity index (χ1) is 11.7. The van der Waals surface area contributed by atoms with Crippen LogP contribution in [0.5, 0.6) is 5.75 Å². The fraction of sp³-hybridized carbons (Fsp3) is 0.350. The molecule has 4 nitrogen and oxygen atoms in total. The molecular weight excluding hydrogens is 300 g/mol.